The van der Waals surface area contributed by atoms with Crippen LogP contribution in [0.4, 0.5) is 10.2 Å². The van der Waals surface area contributed by atoms with Crippen molar-refractivity contribution < 1.29 is 24.1 Å². The number of thiophene rings is 2. The minimum Gasteiger partial charge on any atom is -0.489 e. The molecule has 0 saturated heterocycles. The number of aliphatic hydroxyl groups excluding tert-OH is 1. The van der Waals surface area contributed by atoms with Crippen molar-refractivity contribution in [2.24, 2.45) is 0 Å². The number of benzene rings is 1. The second-order valence-electron chi connectivity index (χ2n) is 7.38. The minimum absolute atomic E-state index is 0.00708. The third-order valence-electron chi connectivity index (χ3n) is 5.09. The van der Waals surface area contributed by atoms with Crippen molar-refractivity contribution in [3.63, 3.8) is 0 Å². The number of halogens is 1. The molecule has 0 spiro atoms. The van der Waals surface area contributed by atoms with Gasteiger partial charge in [0.1, 0.15) is 30.3 Å². The Bertz CT molecular complexity index is 1320. The number of fused-ring (bicyclic) bond motifs is 1. The van der Waals surface area contributed by atoms with Gasteiger partial charge in [0.15, 0.2) is 4.88 Å². The SMILES string of the molecule is Cc1sc2c(C)cc(F)cc2c1CCNc1cc(-c2cc(OCCO)c(C(=O)O)s2)ncn1. The van der Waals surface area contributed by atoms with Crippen molar-refractivity contribution in [1.82, 2.24) is 9.97 Å². The van der Waals surface area contributed by atoms with Crippen LogP contribution in [-0.4, -0.2) is 45.9 Å². The number of rotatable bonds is 9. The number of anilines is 1. The second-order valence-corrected chi connectivity index (χ2v) is 9.66. The lowest BCUT2D eigenvalue weighted by molar-refractivity contribution is 0.0696. The Hall–Kier alpha value is -3.08. The van der Waals surface area contributed by atoms with Gasteiger partial charge in [-0.05, 0) is 48.9 Å². The Morgan fingerprint density at radius 2 is 2.00 bits per heavy atom. The third-order valence-corrected chi connectivity index (χ3v) is 7.51. The molecule has 4 rings (SSSR count). The van der Waals surface area contributed by atoms with Gasteiger partial charge in [0.2, 0.25) is 0 Å². The highest BCUT2D eigenvalue weighted by Gasteiger charge is 2.19. The maximum absolute atomic E-state index is 13.9. The molecule has 0 fully saturated rings. The van der Waals surface area contributed by atoms with Gasteiger partial charge in [0.05, 0.1) is 17.2 Å². The molecule has 4 aromatic rings. The fraction of sp³-hybridized carbons (Fsp3) is 0.261. The fourth-order valence-corrected chi connectivity index (χ4v) is 5.68. The average Bonchev–Trinajstić information content (AvgIpc) is 3.35. The van der Waals surface area contributed by atoms with E-state index >= 15 is 0 Å². The number of hydrogen-bond donors (Lipinski definition) is 3. The summed E-state index contributed by atoms with van der Waals surface area (Å²) in [5.41, 5.74) is 2.62. The Labute approximate surface area is 197 Å². The van der Waals surface area contributed by atoms with Crippen molar-refractivity contribution in [2.45, 2.75) is 20.3 Å². The molecule has 33 heavy (non-hydrogen) atoms. The zero-order valence-corrected chi connectivity index (χ0v) is 19.6. The number of hydrogen-bond acceptors (Lipinski definition) is 8. The predicted octanol–water partition coefficient (Wildman–Crippen LogP) is 4.90. The minimum atomic E-state index is -1.10. The molecule has 0 radical (unpaired) electrons. The molecule has 3 heterocycles. The number of nitrogens with one attached hydrogen (secondary N) is 1. The first-order valence-corrected chi connectivity index (χ1v) is 11.9. The van der Waals surface area contributed by atoms with Crippen molar-refractivity contribution in [1.29, 1.82) is 0 Å². The number of aromatic nitrogens is 2. The summed E-state index contributed by atoms with van der Waals surface area (Å²) in [6.45, 7) is 4.36. The van der Waals surface area contributed by atoms with Crippen LogP contribution in [0.25, 0.3) is 20.7 Å². The van der Waals surface area contributed by atoms with Gasteiger partial charge in [-0.25, -0.2) is 19.2 Å². The smallest absolute Gasteiger partial charge is 0.349 e. The molecular formula is C23H22FN3O4S2. The van der Waals surface area contributed by atoms with Crippen LogP contribution in [0.5, 0.6) is 5.75 Å². The summed E-state index contributed by atoms with van der Waals surface area (Å²) in [5, 5.41) is 22.6. The van der Waals surface area contributed by atoms with Crippen LogP contribution in [0, 0.1) is 19.7 Å². The van der Waals surface area contributed by atoms with Gasteiger partial charge in [-0.3, -0.25) is 0 Å². The number of carbonyl (C=O) groups is 1. The Morgan fingerprint density at radius 3 is 2.76 bits per heavy atom. The van der Waals surface area contributed by atoms with E-state index in [0.717, 1.165) is 32.5 Å². The van der Waals surface area contributed by atoms with Crippen LogP contribution in [0.3, 0.4) is 0 Å². The fourth-order valence-electron chi connectivity index (χ4n) is 3.62. The lowest BCUT2D eigenvalue weighted by Crippen LogP contribution is -2.07. The molecule has 0 amide bonds. The van der Waals surface area contributed by atoms with Crippen molar-refractivity contribution in [3.8, 4) is 16.3 Å². The summed E-state index contributed by atoms with van der Waals surface area (Å²) in [6.07, 6.45) is 2.12. The molecule has 3 N–H and O–H groups in total. The second kappa shape index (κ2) is 9.82. The zero-order chi connectivity index (χ0) is 23.5. The maximum atomic E-state index is 13.9. The van der Waals surface area contributed by atoms with Crippen molar-refractivity contribution >= 4 is 44.5 Å². The summed E-state index contributed by atoms with van der Waals surface area (Å²) >= 11 is 2.73. The molecule has 1 aromatic carbocycles. The van der Waals surface area contributed by atoms with E-state index in [-0.39, 0.29) is 29.7 Å². The highest BCUT2D eigenvalue weighted by molar-refractivity contribution is 7.19. The van der Waals surface area contributed by atoms with E-state index in [1.165, 1.54) is 11.2 Å². The predicted molar refractivity (Wildman–Crippen MR) is 128 cm³/mol. The standard InChI is InChI=1S/C23H22FN3O4S2/c1-12-7-14(24)8-16-15(13(2)32-21(12)16)3-4-25-20-9-17(26-11-27-20)19-10-18(31-6-5-28)22(33-19)23(29)30/h7-11,28H,3-6H2,1-2H3,(H,29,30)(H,25,26,27). The highest BCUT2D eigenvalue weighted by atomic mass is 32.1. The van der Waals surface area contributed by atoms with Crippen LogP contribution in [0.2, 0.25) is 0 Å². The van der Waals surface area contributed by atoms with Gasteiger partial charge >= 0.3 is 5.97 Å². The van der Waals surface area contributed by atoms with E-state index in [0.29, 0.717) is 29.4 Å². The van der Waals surface area contributed by atoms with Crippen LogP contribution in [0.1, 0.15) is 25.7 Å². The molecule has 0 bridgehead atoms. The molecule has 0 atom stereocenters. The third kappa shape index (κ3) is 4.97. The molecule has 0 unspecified atom stereocenters. The Kier molecular flexibility index (Phi) is 6.87. The summed E-state index contributed by atoms with van der Waals surface area (Å²) in [6, 6.07) is 6.50. The number of carboxylic acid groups (broad SMARTS) is 1. The maximum Gasteiger partial charge on any atom is 0.349 e. The summed E-state index contributed by atoms with van der Waals surface area (Å²) < 4.78 is 20.4. The van der Waals surface area contributed by atoms with Gasteiger partial charge in [0, 0.05) is 28.3 Å². The van der Waals surface area contributed by atoms with Crippen LogP contribution in [0.15, 0.2) is 30.6 Å². The van der Waals surface area contributed by atoms with E-state index in [9.17, 15) is 14.3 Å². The monoisotopic (exact) mass is 487 g/mol. The van der Waals surface area contributed by atoms with Gasteiger partial charge in [-0.1, -0.05) is 0 Å². The van der Waals surface area contributed by atoms with E-state index < -0.39 is 5.97 Å². The van der Waals surface area contributed by atoms with E-state index in [4.69, 9.17) is 9.84 Å². The van der Waals surface area contributed by atoms with Crippen LogP contribution in [-0.2, 0) is 6.42 Å². The molecular weight excluding hydrogens is 465 g/mol. The van der Waals surface area contributed by atoms with E-state index in [1.807, 2.05) is 13.8 Å². The number of nitrogens with zero attached hydrogens (tertiary/aromatic N) is 2. The normalized spacial score (nSPS) is 11.2. The summed E-state index contributed by atoms with van der Waals surface area (Å²) in [7, 11) is 0. The average molecular weight is 488 g/mol. The lowest BCUT2D eigenvalue weighted by Gasteiger charge is -2.07. The van der Waals surface area contributed by atoms with Gasteiger partial charge in [-0.15, -0.1) is 22.7 Å². The quantitative estimate of drug-likeness (QED) is 0.308. The molecule has 7 nitrogen and oxygen atoms in total. The van der Waals surface area contributed by atoms with Crippen molar-refractivity contribution in [3.05, 3.63) is 57.3 Å². The van der Waals surface area contributed by atoms with Crippen molar-refractivity contribution in [2.75, 3.05) is 25.1 Å². The topological polar surface area (TPSA) is 105 Å². The first-order valence-electron chi connectivity index (χ1n) is 10.2. The Morgan fingerprint density at radius 1 is 1.18 bits per heavy atom. The molecule has 0 aliphatic rings. The molecule has 0 aliphatic carbocycles. The molecule has 0 aliphatic heterocycles. The number of aliphatic hydroxyl groups is 1. The van der Waals surface area contributed by atoms with Gasteiger partial charge < -0.3 is 20.3 Å². The number of aromatic carboxylic acids is 1. The van der Waals surface area contributed by atoms with Crippen LogP contribution >= 0.6 is 22.7 Å². The summed E-state index contributed by atoms with van der Waals surface area (Å²) in [4.78, 5) is 21.9. The molecule has 0 saturated carbocycles. The van der Waals surface area contributed by atoms with E-state index in [2.05, 4.69) is 15.3 Å². The summed E-state index contributed by atoms with van der Waals surface area (Å²) in [5.74, 6) is -0.530. The van der Waals surface area contributed by atoms with Crippen LogP contribution < -0.4 is 10.1 Å². The van der Waals surface area contributed by atoms with Gasteiger partial charge in [-0.2, -0.15) is 0 Å². The molecule has 10 heteroatoms. The number of aryl methyl sites for hydroxylation is 2. The first kappa shape index (κ1) is 23.1. The lowest BCUT2D eigenvalue weighted by atomic mass is 10.1. The number of ether oxygens (including phenoxy) is 1. The molecule has 3 aromatic heterocycles. The number of carboxylic acids is 1. The largest absolute Gasteiger partial charge is 0.489 e. The Balaban J connectivity index is 1.50. The van der Waals surface area contributed by atoms with E-state index in [1.54, 1.807) is 35.6 Å². The zero-order valence-electron chi connectivity index (χ0n) is 18.0. The molecule has 172 valence electrons. The van der Waals surface area contributed by atoms with Gasteiger partial charge in [0.25, 0.3) is 0 Å². The first-order chi connectivity index (χ1) is 15.9. The highest BCUT2D eigenvalue weighted by Crippen LogP contribution is 2.36.